The average Bonchev–Trinajstić information content (AvgIpc) is 2.15. The van der Waals surface area contributed by atoms with Crippen LogP contribution in [0.5, 0.6) is 0 Å². The first kappa shape index (κ1) is 9.34. The van der Waals surface area contributed by atoms with E-state index in [4.69, 9.17) is 10.8 Å². The predicted octanol–water partition coefficient (Wildman–Crippen LogP) is -1.37. The first-order valence-electron chi connectivity index (χ1n) is 3.48. The summed E-state index contributed by atoms with van der Waals surface area (Å²) in [6.07, 6.45) is 0. The number of amides is 1. The lowest BCUT2D eigenvalue weighted by molar-refractivity contribution is -0.141. The second kappa shape index (κ2) is 3.77. The van der Waals surface area contributed by atoms with Gasteiger partial charge in [-0.05, 0) is 0 Å². The predicted molar refractivity (Wildman–Crippen MR) is 44.9 cm³/mol. The Labute approximate surface area is 73.7 Å². The van der Waals surface area contributed by atoms with Crippen LogP contribution in [-0.2, 0) is 9.59 Å². The zero-order valence-corrected chi connectivity index (χ0v) is 7.13. The molecule has 0 spiro atoms. The molecule has 0 aromatic heterocycles. The fourth-order valence-electron chi connectivity index (χ4n) is 0.842. The molecule has 1 fully saturated rings. The van der Waals surface area contributed by atoms with Crippen LogP contribution in [0.3, 0.4) is 0 Å². The summed E-state index contributed by atoms with van der Waals surface area (Å²) in [6, 6.07) is -1.38. The summed E-state index contributed by atoms with van der Waals surface area (Å²) in [7, 11) is 0. The number of rotatable bonds is 1. The minimum atomic E-state index is -1.01. The molecule has 0 unspecified atom stereocenters. The maximum Gasteiger partial charge on any atom is 0.327 e. The van der Waals surface area contributed by atoms with Gasteiger partial charge in [-0.25, -0.2) is 4.79 Å². The first-order chi connectivity index (χ1) is 5.61. The molecular formula is C6H10N2O3S. The highest BCUT2D eigenvalue weighted by Crippen LogP contribution is 2.09. The highest BCUT2D eigenvalue weighted by atomic mass is 32.2. The van der Waals surface area contributed by atoms with Crippen molar-refractivity contribution in [3.05, 3.63) is 0 Å². The number of carbonyl (C=O) groups excluding carboxylic acids is 1. The van der Waals surface area contributed by atoms with Gasteiger partial charge in [-0.1, -0.05) is 0 Å². The Hall–Kier alpha value is -0.750. The molecule has 12 heavy (non-hydrogen) atoms. The molecule has 0 radical (unpaired) electrons. The molecule has 1 saturated heterocycles. The summed E-state index contributed by atoms with van der Waals surface area (Å²) < 4.78 is 0. The monoisotopic (exact) mass is 190 g/mol. The maximum absolute atomic E-state index is 11.0. The summed E-state index contributed by atoms with van der Waals surface area (Å²) in [5, 5.41) is 10.9. The molecule has 6 heteroatoms. The SMILES string of the molecule is N[C@H]1CSC[C@@H](C(=O)O)NC1=O. The standard InChI is InChI=1S/C6H10N2O3S/c7-3-1-12-2-4(6(10)11)8-5(3)9/h3-4H,1-2,7H2,(H,8,9)(H,10,11)/t3-,4-/m0/s1. The molecule has 0 aromatic rings. The van der Waals surface area contributed by atoms with Gasteiger partial charge in [0.05, 0.1) is 6.04 Å². The van der Waals surface area contributed by atoms with Gasteiger partial charge < -0.3 is 16.2 Å². The Morgan fingerprint density at radius 1 is 1.67 bits per heavy atom. The van der Waals surface area contributed by atoms with Crippen LogP contribution in [0.15, 0.2) is 0 Å². The van der Waals surface area contributed by atoms with Crippen LogP contribution in [0, 0.1) is 0 Å². The van der Waals surface area contributed by atoms with E-state index >= 15 is 0 Å². The fraction of sp³-hybridized carbons (Fsp3) is 0.667. The molecule has 0 bridgehead atoms. The zero-order chi connectivity index (χ0) is 9.14. The fourth-order valence-corrected chi connectivity index (χ4v) is 1.85. The Morgan fingerprint density at radius 3 is 2.92 bits per heavy atom. The highest BCUT2D eigenvalue weighted by Gasteiger charge is 2.26. The second-order valence-corrected chi connectivity index (χ2v) is 3.62. The molecule has 68 valence electrons. The van der Waals surface area contributed by atoms with Crippen molar-refractivity contribution in [1.82, 2.24) is 5.32 Å². The number of aliphatic carboxylic acids is 1. The summed E-state index contributed by atoms with van der Waals surface area (Å²) in [4.78, 5) is 21.5. The van der Waals surface area contributed by atoms with E-state index in [1.807, 2.05) is 0 Å². The normalized spacial score (nSPS) is 30.6. The Morgan fingerprint density at radius 2 is 2.33 bits per heavy atom. The molecule has 2 atom stereocenters. The van der Waals surface area contributed by atoms with E-state index in [0.717, 1.165) is 0 Å². The summed E-state index contributed by atoms with van der Waals surface area (Å²) >= 11 is 1.37. The van der Waals surface area contributed by atoms with E-state index in [9.17, 15) is 9.59 Å². The van der Waals surface area contributed by atoms with Crippen molar-refractivity contribution in [2.24, 2.45) is 5.73 Å². The van der Waals surface area contributed by atoms with Crippen LogP contribution in [0.25, 0.3) is 0 Å². The first-order valence-corrected chi connectivity index (χ1v) is 4.63. The molecule has 1 heterocycles. The third-order valence-electron chi connectivity index (χ3n) is 1.53. The topological polar surface area (TPSA) is 92.4 Å². The number of carbonyl (C=O) groups is 2. The zero-order valence-electron chi connectivity index (χ0n) is 6.32. The van der Waals surface area contributed by atoms with Gasteiger partial charge in [0.25, 0.3) is 0 Å². The number of hydrogen-bond acceptors (Lipinski definition) is 4. The van der Waals surface area contributed by atoms with Gasteiger partial charge >= 0.3 is 5.97 Å². The van der Waals surface area contributed by atoms with Crippen molar-refractivity contribution < 1.29 is 14.7 Å². The summed E-state index contributed by atoms with van der Waals surface area (Å²) in [5.41, 5.74) is 5.41. The Bertz CT molecular complexity index is 209. The molecule has 5 nitrogen and oxygen atoms in total. The average molecular weight is 190 g/mol. The minimum Gasteiger partial charge on any atom is -0.480 e. The Balaban J connectivity index is 2.60. The van der Waals surface area contributed by atoms with Gasteiger partial charge in [0.2, 0.25) is 5.91 Å². The molecule has 0 aliphatic carbocycles. The molecule has 1 rings (SSSR count). The number of carboxylic acid groups (broad SMARTS) is 1. The van der Waals surface area contributed by atoms with Crippen molar-refractivity contribution in [2.45, 2.75) is 12.1 Å². The lowest BCUT2D eigenvalue weighted by Crippen LogP contribution is -2.47. The van der Waals surface area contributed by atoms with E-state index in [0.29, 0.717) is 11.5 Å². The van der Waals surface area contributed by atoms with Crippen LogP contribution < -0.4 is 11.1 Å². The van der Waals surface area contributed by atoms with Crippen LogP contribution in [0.4, 0.5) is 0 Å². The van der Waals surface area contributed by atoms with Gasteiger partial charge in [-0.3, -0.25) is 4.79 Å². The van der Waals surface area contributed by atoms with Crippen molar-refractivity contribution >= 4 is 23.6 Å². The third kappa shape index (κ3) is 2.12. The van der Waals surface area contributed by atoms with Crippen molar-refractivity contribution in [2.75, 3.05) is 11.5 Å². The molecule has 1 aliphatic heterocycles. The van der Waals surface area contributed by atoms with Crippen molar-refractivity contribution in [3.8, 4) is 0 Å². The molecule has 1 aliphatic rings. The quantitative estimate of drug-likeness (QED) is 0.474. The van der Waals surface area contributed by atoms with E-state index in [1.165, 1.54) is 11.8 Å². The third-order valence-corrected chi connectivity index (χ3v) is 2.70. The lowest BCUT2D eigenvalue weighted by atomic mass is 10.3. The lowest BCUT2D eigenvalue weighted by Gasteiger charge is -2.09. The maximum atomic E-state index is 11.0. The van der Waals surface area contributed by atoms with Gasteiger partial charge in [0.15, 0.2) is 0 Å². The van der Waals surface area contributed by atoms with Gasteiger partial charge in [-0.15, -0.1) is 0 Å². The molecule has 0 aromatic carbocycles. The van der Waals surface area contributed by atoms with Gasteiger partial charge in [0, 0.05) is 11.5 Å². The Kier molecular flexibility index (Phi) is 2.93. The van der Waals surface area contributed by atoms with Gasteiger partial charge in [-0.2, -0.15) is 11.8 Å². The summed E-state index contributed by atoms with van der Waals surface area (Å²) in [6.45, 7) is 0. The van der Waals surface area contributed by atoms with Crippen molar-refractivity contribution in [3.63, 3.8) is 0 Å². The van der Waals surface area contributed by atoms with Gasteiger partial charge in [0.1, 0.15) is 6.04 Å². The number of nitrogens with two attached hydrogens (primary N) is 1. The minimum absolute atomic E-state index is 0.382. The smallest absolute Gasteiger partial charge is 0.327 e. The van der Waals surface area contributed by atoms with E-state index in [2.05, 4.69) is 5.32 Å². The second-order valence-electron chi connectivity index (χ2n) is 2.54. The van der Waals surface area contributed by atoms with Crippen LogP contribution in [0.2, 0.25) is 0 Å². The van der Waals surface area contributed by atoms with Crippen LogP contribution in [-0.4, -0.2) is 40.6 Å². The van der Waals surface area contributed by atoms with E-state index < -0.39 is 18.1 Å². The highest BCUT2D eigenvalue weighted by molar-refractivity contribution is 7.99. The molecule has 4 N–H and O–H groups in total. The molecule has 0 saturated carbocycles. The van der Waals surface area contributed by atoms with E-state index in [1.54, 1.807) is 0 Å². The molecule has 1 amide bonds. The number of thioether (sulfide) groups is 1. The van der Waals surface area contributed by atoms with Crippen LogP contribution in [0.1, 0.15) is 0 Å². The largest absolute Gasteiger partial charge is 0.480 e. The van der Waals surface area contributed by atoms with E-state index in [-0.39, 0.29) is 5.91 Å². The number of nitrogens with one attached hydrogen (secondary N) is 1. The molecular weight excluding hydrogens is 180 g/mol. The number of hydrogen-bond donors (Lipinski definition) is 3. The van der Waals surface area contributed by atoms with Crippen molar-refractivity contribution in [1.29, 1.82) is 0 Å². The van der Waals surface area contributed by atoms with Crippen LogP contribution >= 0.6 is 11.8 Å². The summed E-state index contributed by atoms with van der Waals surface area (Å²) in [5.74, 6) is -0.526. The number of carboxylic acids is 1.